The van der Waals surface area contributed by atoms with Gasteiger partial charge in [-0.1, -0.05) is 46.3 Å². The van der Waals surface area contributed by atoms with Crippen LogP contribution in [-0.2, 0) is 12.0 Å². The lowest BCUT2D eigenvalue weighted by Crippen LogP contribution is -2.23. The molecule has 0 fully saturated rings. The third kappa shape index (κ3) is 2.17. The second-order valence-electron chi connectivity index (χ2n) is 4.97. The molecule has 0 bridgehead atoms. The Kier molecular flexibility index (Phi) is 3.11. The largest absolute Gasteiger partial charge is 0.493 e. The summed E-state index contributed by atoms with van der Waals surface area (Å²) in [5.41, 5.74) is 1.83. The zero-order chi connectivity index (χ0) is 13.5. The smallest absolute Gasteiger partial charge is 0.129 e. The molecule has 1 N–H and O–H groups in total. The van der Waals surface area contributed by atoms with Crippen molar-refractivity contribution in [2.24, 2.45) is 0 Å². The first-order valence-electron chi connectivity index (χ1n) is 6.32. The summed E-state index contributed by atoms with van der Waals surface area (Å²) in [6.07, 6.45) is 0.916. The highest BCUT2D eigenvalue weighted by molar-refractivity contribution is 9.10. The number of para-hydroxylation sites is 1. The summed E-state index contributed by atoms with van der Waals surface area (Å²) < 4.78 is 6.69. The molecule has 2 aromatic rings. The summed E-state index contributed by atoms with van der Waals surface area (Å²) in [6, 6.07) is 13.7. The summed E-state index contributed by atoms with van der Waals surface area (Å²) in [7, 11) is 0. The number of halogens is 1. The molecular weight excluding hydrogens is 304 g/mol. The van der Waals surface area contributed by atoms with Crippen LogP contribution in [0, 0.1) is 0 Å². The van der Waals surface area contributed by atoms with E-state index in [9.17, 15) is 5.11 Å². The minimum atomic E-state index is -1.05. The maximum absolute atomic E-state index is 10.9. The highest BCUT2D eigenvalue weighted by atomic mass is 79.9. The van der Waals surface area contributed by atoms with E-state index >= 15 is 0 Å². The van der Waals surface area contributed by atoms with Crippen LogP contribution >= 0.6 is 15.9 Å². The first-order chi connectivity index (χ1) is 9.09. The zero-order valence-corrected chi connectivity index (χ0v) is 12.3. The molecule has 0 radical (unpaired) electrons. The lowest BCUT2D eigenvalue weighted by molar-refractivity contribution is 0.0988. The Bertz CT molecular complexity index is 603. The summed E-state index contributed by atoms with van der Waals surface area (Å²) in [5.74, 6) is 0.843. The van der Waals surface area contributed by atoms with Crippen LogP contribution in [0.1, 0.15) is 23.6 Å². The number of benzene rings is 2. The molecule has 0 aromatic heterocycles. The Labute approximate surface area is 121 Å². The average Bonchev–Trinajstić information content (AvgIpc) is 2.87. The predicted octanol–water partition coefficient (Wildman–Crippen LogP) is 3.64. The minimum absolute atomic E-state index is 0.697. The van der Waals surface area contributed by atoms with E-state index in [4.69, 9.17) is 4.74 Å². The summed E-state index contributed by atoms with van der Waals surface area (Å²) in [4.78, 5) is 0. The third-order valence-corrected chi connectivity index (χ3v) is 4.17. The number of hydrogen-bond donors (Lipinski definition) is 1. The van der Waals surface area contributed by atoms with Crippen molar-refractivity contribution in [3.8, 4) is 5.75 Å². The molecule has 2 nitrogen and oxygen atoms in total. The van der Waals surface area contributed by atoms with Crippen LogP contribution < -0.4 is 4.74 Å². The Morgan fingerprint density at radius 3 is 2.63 bits per heavy atom. The first-order valence-corrected chi connectivity index (χ1v) is 7.12. The van der Waals surface area contributed by atoms with Gasteiger partial charge >= 0.3 is 0 Å². The maximum atomic E-state index is 10.9. The van der Waals surface area contributed by atoms with E-state index < -0.39 is 5.60 Å². The average molecular weight is 319 g/mol. The Hall–Kier alpha value is -1.32. The molecule has 0 saturated heterocycles. The molecule has 0 aliphatic carbocycles. The SMILES string of the molecule is CC(O)(c1ccc(Br)cc1)c1cccc2c1OCC2. The molecule has 0 saturated carbocycles. The Morgan fingerprint density at radius 2 is 1.89 bits per heavy atom. The van der Waals surface area contributed by atoms with E-state index in [2.05, 4.69) is 22.0 Å². The lowest BCUT2D eigenvalue weighted by atomic mass is 9.86. The van der Waals surface area contributed by atoms with Crippen LogP contribution in [0.15, 0.2) is 46.9 Å². The van der Waals surface area contributed by atoms with Gasteiger partial charge in [-0.15, -0.1) is 0 Å². The molecule has 0 amide bonds. The third-order valence-electron chi connectivity index (χ3n) is 3.65. The number of fused-ring (bicyclic) bond motifs is 1. The van der Waals surface area contributed by atoms with Gasteiger partial charge in [-0.05, 0) is 30.2 Å². The van der Waals surface area contributed by atoms with Crippen molar-refractivity contribution >= 4 is 15.9 Å². The number of aliphatic hydroxyl groups is 1. The van der Waals surface area contributed by atoms with E-state index in [1.54, 1.807) is 0 Å². The quantitative estimate of drug-likeness (QED) is 0.916. The zero-order valence-electron chi connectivity index (χ0n) is 10.7. The van der Waals surface area contributed by atoms with Crippen molar-refractivity contribution < 1.29 is 9.84 Å². The molecule has 1 aliphatic rings. The second-order valence-corrected chi connectivity index (χ2v) is 5.89. The van der Waals surface area contributed by atoms with Crippen molar-refractivity contribution in [1.82, 2.24) is 0 Å². The van der Waals surface area contributed by atoms with Crippen LogP contribution in [0.4, 0.5) is 0 Å². The molecular formula is C16H15BrO2. The van der Waals surface area contributed by atoms with Crippen LogP contribution in [0.5, 0.6) is 5.75 Å². The van der Waals surface area contributed by atoms with Gasteiger partial charge in [0.25, 0.3) is 0 Å². The normalized spacial score (nSPS) is 16.6. The Morgan fingerprint density at radius 1 is 1.16 bits per heavy atom. The van der Waals surface area contributed by atoms with Crippen molar-refractivity contribution in [3.63, 3.8) is 0 Å². The van der Waals surface area contributed by atoms with E-state index in [1.165, 1.54) is 5.56 Å². The van der Waals surface area contributed by atoms with E-state index in [1.807, 2.05) is 43.3 Å². The van der Waals surface area contributed by atoms with Gasteiger partial charge in [-0.3, -0.25) is 0 Å². The van der Waals surface area contributed by atoms with Crippen molar-refractivity contribution in [3.05, 3.63) is 63.6 Å². The van der Waals surface area contributed by atoms with Gasteiger partial charge in [0.1, 0.15) is 11.4 Å². The summed E-state index contributed by atoms with van der Waals surface area (Å²) >= 11 is 3.41. The fourth-order valence-electron chi connectivity index (χ4n) is 2.53. The fraction of sp³-hybridized carbons (Fsp3) is 0.250. The number of rotatable bonds is 2. The highest BCUT2D eigenvalue weighted by Crippen LogP contribution is 2.39. The standard InChI is InChI=1S/C16H15BrO2/c1-16(18,12-5-7-13(17)8-6-12)14-4-2-3-11-9-10-19-15(11)14/h2-8,18H,9-10H2,1H3. The molecule has 1 aliphatic heterocycles. The molecule has 3 heteroatoms. The van der Waals surface area contributed by atoms with E-state index in [-0.39, 0.29) is 0 Å². The monoisotopic (exact) mass is 318 g/mol. The fourth-order valence-corrected chi connectivity index (χ4v) is 2.79. The molecule has 0 spiro atoms. The van der Waals surface area contributed by atoms with Gasteiger partial charge < -0.3 is 9.84 Å². The molecule has 19 heavy (non-hydrogen) atoms. The van der Waals surface area contributed by atoms with E-state index in [0.29, 0.717) is 6.61 Å². The molecule has 1 unspecified atom stereocenters. The second kappa shape index (κ2) is 4.66. The van der Waals surface area contributed by atoms with Crippen molar-refractivity contribution in [1.29, 1.82) is 0 Å². The molecule has 1 atom stereocenters. The van der Waals surface area contributed by atoms with Crippen LogP contribution in [0.2, 0.25) is 0 Å². The minimum Gasteiger partial charge on any atom is -0.493 e. The van der Waals surface area contributed by atoms with Gasteiger partial charge in [0.05, 0.1) is 6.61 Å². The molecule has 3 rings (SSSR count). The van der Waals surface area contributed by atoms with Gasteiger partial charge in [-0.25, -0.2) is 0 Å². The highest BCUT2D eigenvalue weighted by Gasteiger charge is 2.31. The van der Waals surface area contributed by atoms with Gasteiger partial charge in [0.15, 0.2) is 0 Å². The van der Waals surface area contributed by atoms with Crippen LogP contribution in [0.3, 0.4) is 0 Å². The first kappa shape index (κ1) is 12.7. The van der Waals surface area contributed by atoms with E-state index in [0.717, 1.165) is 27.8 Å². The topological polar surface area (TPSA) is 29.5 Å². The number of hydrogen-bond acceptors (Lipinski definition) is 2. The van der Waals surface area contributed by atoms with Gasteiger partial charge in [-0.2, -0.15) is 0 Å². The summed E-state index contributed by atoms with van der Waals surface area (Å²) in [5, 5.41) is 10.9. The molecule has 98 valence electrons. The lowest BCUT2D eigenvalue weighted by Gasteiger charge is -2.26. The summed E-state index contributed by atoms with van der Waals surface area (Å²) in [6.45, 7) is 2.51. The van der Waals surface area contributed by atoms with Gasteiger partial charge in [0, 0.05) is 16.5 Å². The predicted molar refractivity (Wildman–Crippen MR) is 78.5 cm³/mol. The van der Waals surface area contributed by atoms with Gasteiger partial charge in [0.2, 0.25) is 0 Å². The van der Waals surface area contributed by atoms with Crippen LogP contribution in [0.25, 0.3) is 0 Å². The molecule has 2 aromatic carbocycles. The van der Waals surface area contributed by atoms with Crippen molar-refractivity contribution in [2.45, 2.75) is 18.9 Å². The molecule has 1 heterocycles. The van der Waals surface area contributed by atoms with Crippen LogP contribution in [-0.4, -0.2) is 11.7 Å². The Balaban J connectivity index is 2.10. The number of ether oxygens (including phenoxy) is 1. The van der Waals surface area contributed by atoms with Crippen molar-refractivity contribution in [2.75, 3.05) is 6.61 Å². The maximum Gasteiger partial charge on any atom is 0.129 e.